The van der Waals surface area contributed by atoms with Gasteiger partial charge in [-0.15, -0.1) is 11.6 Å². The largest absolute Gasteiger partial charge is 0.496 e. The Labute approximate surface area is 90.5 Å². The van der Waals surface area contributed by atoms with Crippen molar-refractivity contribution in [1.82, 2.24) is 0 Å². The molecule has 14 heavy (non-hydrogen) atoms. The molecule has 0 radical (unpaired) electrons. The summed E-state index contributed by atoms with van der Waals surface area (Å²) in [4.78, 5) is 10.1. The van der Waals surface area contributed by atoms with E-state index in [1.165, 1.54) is 13.2 Å². The van der Waals surface area contributed by atoms with Gasteiger partial charge in [0.1, 0.15) is 10.8 Å². The van der Waals surface area contributed by atoms with Crippen LogP contribution in [0.5, 0.6) is 5.75 Å². The number of hydrogen-bond acceptors (Lipinski definition) is 3. The van der Waals surface area contributed by atoms with Crippen molar-refractivity contribution >= 4 is 28.9 Å². The quantitative estimate of drug-likeness (QED) is 0.460. The van der Waals surface area contributed by atoms with Crippen LogP contribution < -0.4 is 4.74 Å². The number of ether oxygens (including phenoxy) is 1. The van der Waals surface area contributed by atoms with Crippen LogP contribution in [0.15, 0.2) is 12.1 Å². The Kier molecular flexibility index (Phi) is 3.55. The molecule has 0 saturated carbocycles. The van der Waals surface area contributed by atoms with E-state index >= 15 is 0 Å². The van der Waals surface area contributed by atoms with Gasteiger partial charge in [0.2, 0.25) is 0 Å². The molecular formula is C8H7Cl2NO3. The van der Waals surface area contributed by atoms with E-state index in [0.29, 0.717) is 11.3 Å². The number of halogens is 2. The topological polar surface area (TPSA) is 52.4 Å². The van der Waals surface area contributed by atoms with Crippen molar-refractivity contribution in [1.29, 1.82) is 0 Å². The Morgan fingerprint density at radius 3 is 2.64 bits per heavy atom. The minimum absolute atomic E-state index is 0.0138. The minimum atomic E-state index is -0.567. The van der Waals surface area contributed by atoms with Crippen LogP contribution in [0.1, 0.15) is 5.56 Å². The summed E-state index contributed by atoms with van der Waals surface area (Å²) in [5.74, 6) is 0.358. The van der Waals surface area contributed by atoms with Crippen LogP contribution in [-0.2, 0) is 5.88 Å². The average Bonchev–Trinajstić information content (AvgIpc) is 2.16. The molecule has 1 aromatic carbocycles. The fraction of sp³-hybridized carbons (Fsp3) is 0.250. The van der Waals surface area contributed by atoms with E-state index in [0.717, 1.165) is 0 Å². The molecule has 0 spiro atoms. The summed E-state index contributed by atoms with van der Waals surface area (Å²) in [7, 11) is 1.42. The Balaban J connectivity index is 3.42. The molecule has 1 rings (SSSR count). The summed E-state index contributed by atoms with van der Waals surface area (Å²) in [5, 5.41) is 10.7. The molecule has 0 unspecified atom stereocenters. The molecular weight excluding hydrogens is 229 g/mol. The van der Waals surface area contributed by atoms with Crippen molar-refractivity contribution in [3.05, 3.63) is 32.8 Å². The first kappa shape index (κ1) is 11.1. The molecule has 76 valence electrons. The minimum Gasteiger partial charge on any atom is -0.496 e. The second-order valence-corrected chi connectivity index (χ2v) is 3.14. The standard InChI is InChI=1S/C8H7Cl2NO3/c1-14-7-3-2-6(10)8(11(12)13)5(7)4-9/h2-3H,4H2,1H3. The van der Waals surface area contributed by atoms with E-state index in [1.807, 2.05) is 0 Å². The Morgan fingerprint density at radius 1 is 1.57 bits per heavy atom. The molecule has 0 amide bonds. The van der Waals surface area contributed by atoms with Gasteiger partial charge in [-0.1, -0.05) is 11.6 Å². The molecule has 0 aliphatic heterocycles. The lowest BCUT2D eigenvalue weighted by Crippen LogP contribution is -1.98. The molecule has 4 nitrogen and oxygen atoms in total. The summed E-state index contributed by atoms with van der Waals surface area (Å²) in [5.41, 5.74) is 0.104. The number of alkyl halides is 1. The highest BCUT2D eigenvalue weighted by molar-refractivity contribution is 6.33. The average molecular weight is 236 g/mol. The third kappa shape index (κ3) is 1.91. The third-order valence-electron chi connectivity index (χ3n) is 1.73. The van der Waals surface area contributed by atoms with E-state index in [1.54, 1.807) is 6.07 Å². The van der Waals surface area contributed by atoms with Crippen molar-refractivity contribution in [2.45, 2.75) is 5.88 Å². The predicted octanol–water partition coefficient (Wildman–Crippen LogP) is 3.00. The van der Waals surface area contributed by atoms with Crippen LogP contribution in [0.3, 0.4) is 0 Å². The van der Waals surface area contributed by atoms with Crippen LogP contribution in [0.25, 0.3) is 0 Å². The van der Waals surface area contributed by atoms with E-state index < -0.39 is 4.92 Å². The first-order valence-corrected chi connectivity index (χ1v) is 4.58. The molecule has 0 heterocycles. The summed E-state index contributed by atoms with van der Waals surface area (Å²) < 4.78 is 4.93. The predicted molar refractivity (Wildman–Crippen MR) is 54.2 cm³/mol. The van der Waals surface area contributed by atoms with E-state index in [4.69, 9.17) is 27.9 Å². The summed E-state index contributed by atoms with van der Waals surface area (Å²) in [6, 6.07) is 2.96. The summed E-state index contributed by atoms with van der Waals surface area (Å²) in [6.07, 6.45) is 0. The van der Waals surface area contributed by atoms with Gasteiger partial charge in [-0.3, -0.25) is 10.1 Å². The number of nitro groups is 1. The Hall–Kier alpha value is -1.00. The highest BCUT2D eigenvalue weighted by Gasteiger charge is 2.21. The number of methoxy groups -OCH3 is 1. The molecule has 0 fully saturated rings. The fourth-order valence-electron chi connectivity index (χ4n) is 1.11. The number of rotatable bonds is 3. The normalized spacial score (nSPS) is 9.93. The first-order valence-electron chi connectivity index (χ1n) is 3.67. The molecule has 0 bridgehead atoms. The van der Waals surface area contributed by atoms with Gasteiger partial charge in [-0.25, -0.2) is 0 Å². The molecule has 0 N–H and O–H groups in total. The van der Waals surface area contributed by atoms with Gasteiger partial charge in [0.05, 0.1) is 23.5 Å². The summed E-state index contributed by atoms with van der Waals surface area (Å²) in [6.45, 7) is 0. The highest BCUT2D eigenvalue weighted by atomic mass is 35.5. The number of benzene rings is 1. The smallest absolute Gasteiger partial charge is 0.295 e. The maximum atomic E-state index is 10.7. The van der Waals surface area contributed by atoms with Crippen molar-refractivity contribution in [2.24, 2.45) is 0 Å². The van der Waals surface area contributed by atoms with Crippen molar-refractivity contribution in [3.63, 3.8) is 0 Å². The van der Waals surface area contributed by atoms with Gasteiger partial charge in [0.25, 0.3) is 5.69 Å². The highest BCUT2D eigenvalue weighted by Crippen LogP contribution is 2.35. The number of hydrogen-bond donors (Lipinski definition) is 0. The van der Waals surface area contributed by atoms with Gasteiger partial charge in [-0.2, -0.15) is 0 Å². The van der Waals surface area contributed by atoms with Gasteiger partial charge < -0.3 is 4.74 Å². The molecule has 0 aliphatic rings. The maximum Gasteiger partial charge on any atom is 0.295 e. The molecule has 6 heteroatoms. The zero-order chi connectivity index (χ0) is 10.7. The van der Waals surface area contributed by atoms with E-state index in [2.05, 4.69) is 0 Å². The second kappa shape index (κ2) is 4.48. The van der Waals surface area contributed by atoms with Crippen LogP contribution in [-0.4, -0.2) is 12.0 Å². The van der Waals surface area contributed by atoms with E-state index in [-0.39, 0.29) is 16.6 Å². The lowest BCUT2D eigenvalue weighted by molar-refractivity contribution is -0.385. The zero-order valence-corrected chi connectivity index (χ0v) is 8.80. The molecule has 0 atom stereocenters. The Morgan fingerprint density at radius 2 is 2.21 bits per heavy atom. The Bertz CT molecular complexity index is 368. The lowest BCUT2D eigenvalue weighted by atomic mass is 10.2. The molecule has 0 aliphatic carbocycles. The van der Waals surface area contributed by atoms with Crippen molar-refractivity contribution in [3.8, 4) is 5.75 Å². The fourth-order valence-corrected chi connectivity index (χ4v) is 1.61. The third-order valence-corrected chi connectivity index (χ3v) is 2.30. The van der Waals surface area contributed by atoms with Crippen LogP contribution in [0.4, 0.5) is 5.69 Å². The molecule has 0 saturated heterocycles. The van der Waals surface area contributed by atoms with Crippen LogP contribution in [0, 0.1) is 10.1 Å². The van der Waals surface area contributed by atoms with Gasteiger partial charge in [0.15, 0.2) is 0 Å². The summed E-state index contributed by atoms with van der Waals surface area (Å²) >= 11 is 11.3. The van der Waals surface area contributed by atoms with Crippen LogP contribution in [0.2, 0.25) is 5.02 Å². The SMILES string of the molecule is COc1ccc(Cl)c([N+](=O)[O-])c1CCl. The van der Waals surface area contributed by atoms with E-state index in [9.17, 15) is 10.1 Å². The molecule has 0 aromatic heterocycles. The molecule has 1 aromatic rings. The maximum absolute atomic E-state index is 10.7. The number of nitro benzene ring substituents is 1. The monoisotopic (exact) mass is 235 g/mol. The van der Waals surface area contributed by atoms with Gasteiger partial charge in [-0.05, 0) is 12.1 Å². The van der Waals surface area contributed by atoms with Crippen molar-refractivity contribution < 1.29 is 9.66 Å². The van der Waals surface area contributed by atoms with Gasteiger partial charge in [0, 0.05) is 0 Å². The van der Waals surface area contributed by atoms with Gasteiger partial charge >= 0.3 is 0 Å². The zero-order valence-electron chi connectivity index (χ0n) is 7.29. The van der Waals surface area contributed by atoms with Crippen LogP contribution >= 0.6 is 23.2 Å². The van der Waals surface area contributed by atoms with Crippen molar-refractivity contribution in [2.75, 3.05) is 7.11 Å². The number of nitrogens with zero attached hydrogens (tertiary/aromatic N) is 1. The first-order chi connectivity index (χ1) is 6.61. The second-order valence-electron chi connectivity index (χ2n) is 2.47. The lowest BCUT2D eigenvalue weighted by Gasteiger charge is -2.06.